The molecular formula is C21H16ClN3O4. The van der Waals surface area contributed by atoms with Gasteiger partial charge < -0.3 is 10.6 Å². The predicted molar refractivity (Wildman–Crippen MR) is 112 cm³/mol. The number of hydrogen-bond acceptors (Lipinski definition) is 4. The lowest BCUT2D eigenvalue weighted by atomic mass is 10.1. The van der Waals surface area contributed by atoms with Crippen LogP contribution in [-0.4, -0.2) is 16.7 Å². The van der Waals surface area contributed by atoms with Crippen molar-refractivity contribution in [1.29, 1.82) is 0 Å². The molecule has 0 unspecified atom stereocenters. The quantitative estimate of drug-likeness (QED) is 0.454. The lowest BCUT2D eigenvalue weighted by Crippen LogP contribution is -2.15. The van der Waals surface area contributed by atoms with E-state index in [1.165, 1.54) is 36.4 Å². The van der Waals surface area contributed by atoms with Gasteiger partial charge in [0, 0.05) is 28.9 Å². The van der Waals surface area contributed by atoms with Crippen LogP contribution in [0.3, 0.4) is 0 Å². The fraction of sp³-hybridized carbons (Fsp3) is 0.0476. The Kier molecular flexibility index (Phi) is 5.90. The number of nitro groups is 1. The first-order valence-corrected chi connectivity index (χ1v) is 8.94. The Balaban J connectivity index is 1.79. The molecule has 0 radical (unpaired) electrons. The van der Waals surface area contributed by atoms with Crippen LogP contribution in [0.15, 0.2) is 66.7 Å². The van der Waals surface area contributed by atoms with E-state index in [0.717, 1.165) is 11.6 Å². The largest absolute Gasteiger partial charge is 0.322 e. The van der Waals surface area contributed by atoms with Gasteiger partial charge in [0.2, 0.25) is 0 Å². The van der Waals surface area contributed by atoms with Crippen LogP contribution in [0.2, 0.25) is 5.02 Å². The minimum Gasteiger partial charge on any atom is -0.322 e. The molecule has 0 fully saturated rings. The van der Waals surface area contributed by atoms with Gasteiger partial charge >= 0.3 is 0 Å². The third-order valence-corrected chi connectivity index (χ3v) is 4.43. The van der Waals surface area contributed by atoms with E-state index in [-0.39, 0.29) is 27.9 Å². The van der Waals surface area contributed by atoms with E-state index in [0.29, 0.717) is 11.3 Å². The Morgan fingerprint density at radius 3 is 2.24 bits per heavy atom. The number of non-ortho nitro benzene ring substituents is 1. The lowest BCUT2D eigenvalue weighted by molar-refractivity contribution is -0.384. The molecule has 0 saturated heterocycles. The monoisotopic (exact) mass is 409 g/mol. The maximum absolute atomic E-state index is 12.5. The number of carbonyl (C=O) groups is 2. The summed E-state index contributed by atoms with van der Waals surface area (Å²) in [5, 5.41) is 16.5. The molecule has 0 aromatic heterocycles. The summed E-state index contributed by atoms with van der Waals surface area (Å²) < 4.78 is 0. The van der Waals surface area contributed by atoms with Crippen molar-refractivity contribution in [3.8, 4) is 0 Å². The normalized spacial score (nSPS) is 10.3. The first-order chi connectivity index (χ1) is 13.8. The smallest absolute Gasteiger partial charge is 0.270 e. The summed E-state index contributed by atoms with van der Waals surface area (Å²) in [6.07, 6.45) is 0. The molecule has 0 aliphatic carbocycles. The molecule has 0 saturated carbocycles. The van der Waals surface area contributed by atoms with Crippen LogP contribution in [0.4, 0.5) is 17.1 Å². The molecule has 3 aromatic rings. The van der Waals surface area contributed by atoms with Gasteiger partial charge in [-0.05, 0) is 43.3 Å². The minimum atomic E-state index is -0.584. The number of nitro benzene ring substituents is 1. The summed E-state index contributed by atoms with van der Waals surface area (Å²) in [4.78, 5) is 35.2. The van der Waals surface area contributed by atoms with Gasteiger partial charge in [-0.2, -0.15) is 0 Å². The standard InChI is InChI=1S/C21H16ClN3O4/c1-13-5-8-16(9-6-13)23-20(26)15-7-10-18(22)19(12-15)24-21(27)14-3-2-4-17(11-14)25(28)29/h2-12H,1H3,(H,23,26)(H,24,27). The molecule has 8 heteroatoms. The number of amides is 2. The van der Waals surface area contributed by atoms with Crippen molar-refractivity contribution in [3.05, 3.63) is 98.6 Å². The number of hydrogen-bond donors (Lipinski definition) is 2. The van der Waals surface area contributed by atoms with Crippen molar-refractivity contribution < 1.29 is 14.5 Å². The molecule has 0 bridgehead atoms. The fourth-order valence-corrected chi connectivity index (χ4v) is 2.72. The van der Waals surface area contributed by atoms with Crippen LogP contribution in [-0.2, 0) is 0 Å². The van der Waals surface area contributed by atoms with Gasteiger partial charge in [-0.3, -0.25) is 19.7 Å². The Morgan fingerprint density at radius 2 is 1.55 bits per heavy atom. The molecular weight excluding hydrogens is 394 g/mol. The molecule has 0 atom stereocenters. The van der Waals surface area contributed by atoms with Gasteiger partial charge in [0.1, 0.15) is 0 Å². The Hall–Kier alpha value is -3.71. The molecule has 0 heterocycles. The summed E-state index contributed by atoms with van der Waals surface area (Å²) >= 11 is 6.14. The first kappa shape index (κ1) is 20.0. The van der Waals surface area contributed by atoms with Gasteiger partial charge in [-0.1, -0.05) is 35.4 Å². The number of carbonyl (C=O) groups excluding carboxylic acids is 2. The van der Waals surface area contributed by atoms with E-state index < -0.39 is 10.8 Å². The second-order valence-electron chi connectivity index (χ2n) is 6.28. The Labute approximate surface area is 171 Å². The van der Waals surface area contributed by atoms with E-state index in [4.69, 9.17) is 11.6 Å². The molecule has 3 aromatic carbocycles. The second kappa shape index (κ2) is 8.53. The highest BCUT2D eigenvalue weighted by Crippen LogP contribution is 2.25. The van der Waals surface area contributed by atoms with Crippen molar-refractivity contribution in [3.63, 3.8) is 0 Å². The highest BCUT2D eigenvalue weighted by Gasteiger charge is 2.15. The van der Waals surface area contributed by atoms with Crippen molar-refractivity contribution >= 4 is 40.5 Å². The minimum absolute atomic E-state index is 0.102. The van der Waals surface area contributed by atoms with Crippen molar-refractivity contribution in [1.82, 2.24) is 0 Å². The third kappa shape index (κ3) is 4.97. The van der Waals surface area contributed by atoms with Crippen LogP contribution in [0.25, 0.3) is 0 Å². The van der Waals surface area contributed by atoms with Gasteiger partial charge in [-0.25, -0.2) is 0 Å². The zero-order valence-electron chi connectivity index (χ0n) is 15.3. The lowest BCUT2D eigenvalue weighted by Gasteiger charge is -2.10. The topological polar surface area (TPSA) is 101 Å². The summed E-state index contributed by atoms with van der Waals surface area (Å²) in [5.41, 5.74) is 2.13. The highest BCUT2D eigenvalue weighted by molar-refractivity contribution is 6.34. The molecule has 2 amide bonds. The SMILES string of the molecule is Cc1ccc(NC(=O)c2ccc(Cl)c(NC(=O)c3cccc([N+](=O)[O-])c3)c2)cc1. The van der Waals surface area contributed by atoms with Crippen LogP contribution in [0.1, 0.15) is 26.3 Å². The zero-order chi connectivity index (χ0) is 21.0. The van der Waals surface area contributed by atoms with Crippen LogP contribution in [0, 0.1) is 17.0 Å². The van der Waals surface area contributed by atoms with E-state index >= 15 is 0 Å². The number of anilines is 2. The number of halogens is 1. The molecule has 7 nitrogen and oxygen atoms in total. The average Bonchev–Trinajstić information content (AvgIpc) is 2.71. The van der Waals surface area contributed by atoms with E-state index in [9.17, 15) is 19.7 Å². The fourth-order valence-electron chi connectivity index (χ4n) is 2.56. The molecule has 3 rings (SSSR count). The van der Waals surface area contributed by atoms with Gasteiger partial charge in [0.25, 0.3) is 17.5 Å². The summed E-state index contributed by atoms with van der Waals surface area (Å²) in [7, 11) is 0. The van der Waals surface area contributed by atoms with E-state index in [2.05, 4.69) is 10.6 Å². The number of benzene rings is 3. The van der Waals surface area contributed by atoms with Crippen molar-refractivity contribution in [2.75, 3.05) is 10.6 Å². The first-order valence-electron chi connectivity index (χ1n) is 8.57. The zero-order valence-corrected chi connectivity index (χ0v) is 16.1. The Bertz CT molecular complexity index is 1100. The second-order valence-corrected chi connectivity index (χ2v) is 6.68. The maximum atomic E-state index is 12.5. The summed E-state index contributed by atoms with van der Waals surface area (Å²) in [6, 6.07) is 17.1. The van der Waals surface area contributed by atoms with Crippen molar-refractivity contribution in [2.45, 2.75) is 6.92 Å². The number of nitrogens with one attached hydrogen (secondary N) is 2. The Morgan fingerprint density at radius 1 is 0.897 bits per heavy atom. The molecule has 29 heavy (non-hydrogen) atoms. The number of aryl methyl sites for hydroxylation is 1. The molecule has 0 aliphatic heterocycles. The predicted octanol–water partition coefficient (Wildman–Crippen LogP) is 5.06. The van der Waals surface area contributed by atoms with Gasteiger partial charge in [-0.15, -0.1) is 0 Å². The average molecular weight is 410 g/mol. The summed E-state index contributed by atoms with van der Waals surface area (Å²) in [6.45, 7) is 1.95. The van der Waals surface area contributed by atoms with E-state index in [1.54, 1.807) is 12.1 Å². The van der Waals surface area contributed by atoms with Gasteiger partial charge in [0.15, 0.2) is 0 Å². The molecule has 0 spiro atoms. The number of rotatable bonds is 5. The highest BCUT2D eigenvalue weighted by atomic mass is 35.5. The summed E-state index contributed by atoms with van der Waals surface area (Å²) in [5.74, 6) is -0.942. The third-order valence-electron chi connectivity index (χ3n) is 4.11. The van der Waals surface area contributed by atoms with E-state index in [1.807, 2.05) is 19.1 Å². The maximum Gasteiger partial charge on any atom is 0.270 e. The molecule has 2 N–H and O–H groups in total. The van der Waals surface area contributed by atoms with Crippen LogP contribution < -0.4 is 10.6 Å². The molecule has 146 valence electrons. The van der Waals surface area contributed by atoms with Gasteiger partial charge in [0.05, 0.1) is 15.6 Å². The molecule has 0 aliphatic rings. The van der Waals surface area contributed by atoms with Crippen LogP contribution in [0.5, 0.6) is 0 Å². The number of nitrogens with zero attached hydrogens (tertiary/aromatic N) is 1. The van der Waals surface area contributed by atoms with Crippen molar-refractivity contribution in [2.24, 2.45) is 0 Å². The van der Waals surface area contributed by atoms with Crippen LogP contribution >= 0.6 is 11.6 Å².